The van der Waals surface area contributed by atoms with E-state index in [1.165, 1.54) is 18.3 Å². The Kier molecular flexibility index (Phi) is 3.85. The average Bonchev–Trinajstić information content (AvgIpc) is 3.38. The van der Waals surface area contributed by atoms with Crippen LogP contribution in [0.3, 0.4) is 0 Å². The minimum absolute atomic E-state index is 0.0643. The minimum atomic E-state index is -0.991. The number of aromatic nitrogens is 3. The molecule has 1 fully saturated rings. The lowest BCUT2D eigenvalue weighted by Crippen LogP contribution is -2.11. The maximum atomic E-state index is 11.2. The van der Waals surface area contributed by atoms with Gasteiger partial charge in [-0.3, -0.25) is 4.98 Å². The Bertz CT molecular complexity index is 972. The van der Waals surface area contributed by atoms with Crippen LogP contribution < -0.4 is 0 Å². The van der Waals surface area contributed by atoms with Crippen LogP contribution in [0.4, 0.5) is 0 Å². The summed E-state index contributed by atoms with van der Waals surface area (Å²) >= 11 is 0. The highest BCUT2D eigenvalue weighted by Crippen LogP contribution is 2.48. The second-order valence-electron chi connectivity index (χ2n) is 6.80. The summed E-state index contributed by atoms with van der Waals surface area (Å²) in [4.78, 5) is 20.0. The Morgan fingerprint density at radius 2 is 1.92 bits per heavy atom. The molecule has 26 heavy (non-hydrogen) atoms. The monoisotopic (exact) mass is 349 g/mol. The number of rotatable bonds is 5. The van der Waals surface area contributed by atoms with Crippen LogP contribution in [0.15, 0.2) is 48.9 Å². The number of carbonyl (C=O) groups is 1. The highest BCUT2D eigenvalue weighted by atomic mass is 16.4. The summed E-state index contributed by atoms with van der Waals surface area (Å²) < 4.78 is 1.90. The van der Waals surface area contributed by atoms with E-state index in [0.29, 0.717) is 11.4 Å². The van der Waals surface area contributed by atoms with Crippen LogP contribution in [-0.2, 0) is 12.5 Å². The van der Waals surface area contributed by atoms with Crippen molar-refractivity contribution in [3.8, 4) is 22.6 Å². The number of aliphatic hydroxyl groups excluding tert-OH is 1. The zero-order valence-corrected chi connectivity index (χ0v) is 14.4. The van der Waals surface area contributed by atoms with Crippen molar-refractivity contribution < 1.29 is 15.0 Å². The Balaban J connectivity index is 1.75. The number of aryl methyl sites for hydroxylation is 1. The van der Waals surface area contributed by atoms with Gasteiger partial charge in [0, 0.05) is 24.2 Å². The van der Waals surface area contributed by atoms with E-state index >= 15 is 0 Å². The summed E-state index contributed by atoms with van der Waals surface area (Å²) in [7, 11) is 1.90. The molecule has 0 bridgehead atoms. The van der Waals surface area contributed by atoms with Gasteiger partial charge < -0.3 is 14.8 Å². The molecule has 0 saturated heterocycles. The van der Waals surface area contributed by atoms with E-state index in [4.69, 9.17) is 0 Å². The number of carboxylic acid groups (broad SMARTS) is 1. The molecule has 1 aliphatic carbocycles. The first kappa shape index (κ1) is 16.5. The predicted octanol–water partition coefficient (Wildman–Crippen LogP) is 2.87. The van der Waals surface area contributed by atoms with Crippen LogP contribution in [-0.4, -0.2) is 37.3 Å². The first-order valence-electron chi connectivity index (χ1n) is 8.47. The highest BCUT2D eigenvalue weighted by molar-refractivity contribution is 5.89. The lowest BCUT2D eigenvalue weighted by molar-refractivity contribution is 0.0697. The lowest BCUT2D eigenvalue weighted by Gasteiger charge is -2.13. The molecule has 0 unspecified atom stereocenters. The third kappa shape index (κ3) is 2.68. The van der Waals surface area contributed by atoms with E-state index in [1.54, 1.807) is 6.33 Å². The SMILES string of the molecule is Cn1cnc(-c2cc(C(=O)O)ccn2)c1-c1ccc(C2(CO)CC2)cc1. The number of hydrogen-bond donors (Lipinski definition) is 2. The third-order valence-electron chi connectivity index (χ3n) is 5.11. The van der Waals surface area contributed by atoms with Gasteiger partial charge in [0.15, 0.2) is 0 Å². The fraction of sp³-hybridized carbons (Fsp3) is 0.250. The average molecular weight is 349 g/mol. The Morgan fingerprint density at radius 3 is 2.54 bits per heavy atom. The van der Waals surface area contributed by atoms with Crippen molar-refractivity contribution >= 4 is 5.97 Å². The van der Waals surface area contributed by atoms with Gasteiger partial charge in [0.25, 0.3) is 0 Å². The molecule has 6 heteroatoms. The van der Waals surface area contributed by atoms with Crippen molar-refractivity contribution in [1.82, 2.24) is 14.5 Å². The summed E-state index contributed by atoms with van der Waals surface area (Å²) in [6, 6.07) is 11.1. The first-order chi connectivity index (χ1) is 12.5. The standard InChI is InChI=1S/C20H19N3O3/c1-23-12-22-17(16-10-14(19(25)26)6-9-21-16)18(23)13-2-4-15(5-3-13)20(11-24)7-8-20/h2-6,9-10,12,24H,7-8,11H2,1H3,(H,25,26). The summed E-state index contributed by atoms with van der Waals surface area (Å²) in [5, 5.41) is 18.8. The Labute approximate surface area is 150 Å². The zero-order chi connectivity index (χ0) is 18.3. The number of carboxylic acids is 1. The molecule has 2 heterocycles. The maximum absolute atomic E-state index is 11.2. The van der Waals surface area contributed by atoms with E-state index in [1.807, 2.05) is 23.7 Å². The lowest BCUT2D eigenvalue weighted by atomic mass is 9.95. The summed E-state index contributed by atoms with van der Waals surface area (Å²) in [6.07, 6.45) is 5.22. The van der Waals surface area contributed by atoms with Gasteiger partial charge in [-0.15, -0.1) is 0 Å². The number of nitrogens with zero attached hydrogens (tertiary/aromatic N) is 3. The normalized spacial score (nSPS) is 15.0. The molecule has 0 amide bonds. The number of hydrogen-bond acceptors (Lipinski definition) is 4. The zero-order valence-electron chi connectivity index (χ0n) is 14.4. The smallest absolute Gasteiger partial charge is 0.335 e. The molecule has 0 spiro atoms. The maximum Gasteiger partial charge on any atom is 0.335 e. The molecule has 0 radical (unpaired) electrons. The summed E-state index contributed by atoms with van der Waals surface area (Å²) in [5.41, 5.74) is 4.29. The second-order valence-corrected chi connectivity index (χ2v) is 6.80. The van der Waals surface area contributed by atoms with E-state index in [9.17, 15) is 15.0 Å². The van der Waals surface area contributed by atoms with Crippen LogP contribution in [0.5, 0.6) is 0 Å². The molecule has 132 valence electrons. The van der Waals surface area contributed by atoms with Crippen LogP contribution >= 0.6 is 0 Å². The summed E-state index contributed by atoms with van der Waals surface area (Å²) in [5.74, 6) is -0.991. The van der Waals surface area contributed by atoms with Crippen molar-refractivity contribution in [3.05, 3.63) is 60.0 Å². The molecule has 6 nitrogen and oxygen atoms in total. The Morgan fingerprint density at radius 1 is 1.19 bits per heavy atom. The third-order valence-corrected chi connectivity index (χ3v) is 5.11. The van der Waals surface area contributed by atoms with Crippen molar-refractivity contribution in [1.29, 1.82) is 0 Å². The first-order valence-corrected chi connectivity index (χ1v) is 8.47. The Hall–Kier alpha value is -2.99. The van der Waals surface area contributed by atoms with Crippen molar-refractivity contribution in [2.24, 2.45) is 7.05 Å². The number of aromatic carboxylic acids is 1. The predicted molar refractivity (Wildman–Crippen MR) is 96.8 cm³/mol. The van der Waals surface area contributed by atoms with Crippen molar-refractivity contribution in [2.45, 2.75) is 18.3 Å². The topological polar surface area (TPSA) is 88.2 Å². The van der Waals surface area contributed by atoms with Gasteiger partial charge in [-0.25, -0.2) is 9.78 Å². The second kappa shape index (κ2) is 6.07. The van der Waals surface area contributed by atoms with E-state index < -0.39 is 5.97 Å². The van der Waals surface area contributed by atoms with Gasteiger partial charge in [0.05, 0.1) is 29.9 Å². The quantitative estimate of drug-likeness (QED) is 0.739. The van der Waals surface area contributed by atoms with E-state index in [-0.39, 0.29) is 17.6 Å². The molecule has 4 rings (SSSR count). The van der Waals surface area contributed by atoms with Gasteiger partial charge in [0.2, 0.25) is 0 Å². The van der Waals surface area contributed by atoms with Crippen LogP contribution in [0.1, 0.15) is 28.8 Å². The summed E-state index contributed by atoms with van der Waals surface area (Å²) in [6.45, 7) is 0.176. The number of aliphatic hydroxyl groups is 1. The largest absolute Gasteiger partial charge is 0.478 e. The number of imidazole rings is 1. The molecule has 0 aliphatic heterocycles. The van der Waals surface area contributed by atoms with E-state index in [0.717, 1.165) is 29.7 Å². The molecular weight excluding hydrogens is 330 g/mol. The molecule has 2 N–H and O–H groups in total. The van der Waals surface area contributed by atoms with Crippen LogP contribution in [0, 0.1) is 0 Å². The number of pyridine rings is 1. The molecular formula is C20H19N3O3. The van der Waals surface area contributed by atoms with Crippen LogP contribution in [0.25, 0.3) is 22.6 Å². The van der Waals surface area contributed by atoms with Gasteiger partial charge in [-0.2, -0.15) is 0 Å². The molecule has 0 atom stereocenters. The number of benzene rings is 1. The molecule has 2 aromatic heterocycles. The van der Waals surface area contributed by atoms with Crippen LogP contribution in [0.2, 0.25) is 0 Å². The minimum Gasteiger partial charge on any atom is -0.478 e. The fourth-order valence-electron chi connectivity index (χ4n) is 3.32. The molecule has 3 aromatic rings. The molecule has 1 aromatic carbocycles. The van der Waals surface area contributed by atoms with Crippen molar-refractivity contribution in [2.75, 3.05) is 6.61 Å². The highest BCUT2D eigenvalue weighted by Gasteiger charge is 2.43. The molecule has 1 saturated carbocycles. The van der Waals surface area contributed by atoms with Gasteiger partial charge in [-0.05, 0) is 30.5 Å². The van der Waals surface area contributed by atoms with Gasteiger partial charge in [0.1, 0.15) is 5.69 Å². The van der Waals surface area contributed by atoms with Gasteiger partial charge in [-0.1, -0.05) is 24.3 Å². The van der Waals surface area contributed by atoms with E-state index in [2.05, 4.69) is 22.1 Å². The van der Waals surface area contributed by atoms with Crippen molar-refractivity contribution in [3.63, 3.8) is 0 Å². The van der Waals surface area contributed by atoms with Gasteiger partial charge >= 0.3 is 5.97 Å². The fourth-order valence-corrected chi connectivity index (χ4v) is 3.32. The molecule has 1 aliphatic rings.